The van der Waals surface area contributed by atoms with Crippen LogP contribution in [0.3, 0.4) is 0 Å². The van der Waals surface area contributed by atoms with Gasteiger partial charge in [0.15, 0.2) is 0 Å². The van der Waals surface area contributed by atoms with E-state index in [0.29, 0.717) is 35.1 Å². The summed E-state index contributed by atoms with van der Waals surface area (Å²) in [6.45, 7) is -0.305. The zero-order valence-corrected chi connectivity index (χ0v) is 12.6. The molecule has 0 amide bonds. The zero-order chi connectivity index (χ0) is 16.4. The van der Waals surface area contributed by atoms with E-state index in [4.69, 9.17) is 4.74 Å². The molecule has 3 rings (SSSR count). The van der Waals surface area contributed by atoms with Crippen LogP contribution in [0.5, 0.6) is 11.5 Å². The molecule has 1 saturated heterocycles. The van der Waals surface area contributed by atoms with Crippen LogP contribution < -0.4 is 0 Å². The van der Waals surface area contributed by atoms with Crippen molar-refractivity contribution in [3.05, 3.63) is 47.5 Å². The number of aromatic hydroxyl groups is 2. The molecule has 2 atom stereocenters. The first-order valence-corrected chi connectivity index (χ1v) is 7.59. The number of benzene rings is 2. The Bertz CT molecular complexity index is 653. The standard InChI is InChI=1S/C18H19FO4/c19-9-11-1-3-12(4-2-11)18-15(21)7-13(8-16(18)22)17-6-5-14(20)10-23-17/h1-4,7-8,14,17,20-22H,5-6,9-10H2. The first-order chi connectivity index (χ1) is 11.1. The van der Waals surface area contributed by atoms with E-state index in [1.807, 2.05) is 0 Å². The van der Waals surface area contributed by atoms with Crippen LogP contribution in [0.1, 0.15) is 30.1 Å². The smallest absolute Gasteiger partial charge is 0.127 e. The lowest BCUT2D eigenvalue weighted by Crippen LogP contribution is -2.24. The Balaban J connectivity index is 1.90. The van der Waals surface area contributed by atoms with E-state index in [-0.39, 0.29) is 24.2 Å². The zero-order valence-electron chi connectivity index (χ0n) is 12.6. The maximum absolute atomic E-state index is 12.6. The van der Waals surface area contributed by atoms with Crippen molar-refractivity contribution in [1.82, 2.24) is 0 Å². The molecule has 5 heteroatoms. The van der Waals surface area contributed by atoms with Crippen LogP contribution in [0.25, 0.3) is 11.1 Å². The number of rotatable bonds is 3. The maximum atomic E-state index is 12.6. The fraction of sp³-hybridized carbons (Fsp3) is 0.333. The Labute approximate surface area is 133 Å². The third-order valence-corrected chi connectivity index (χ3v) is 4.14. The van der Waals surface area contributed by atoms with Crippen LogP contribution >= 0.6 is 0 Å². The molecule has 0 radical (unpaired) electrons. The average Bonchev–Trinajstić information content (AvgIpc) is 2.55. The largest absolute Gasteiger partial charge is 0.507 e. The van der Waals surface area contributed by atoms with E-state index in [1.165, 1.54) is 0 Å². The van der Waals surface area contributed by atoms with Gasteiger partial charge < -0.3 is 20.1 Å². The Hall–Kier alpha value is -2.11. The Morgan fingerprint density at radius 3 is 2.22 bits per heavy atom. The van der Waals surface area contributed by atoms with Gasteiger partial charge >= 0.3 is 0 Å². The number of halogens is 1. The molecule has 1 heterocycles. The minimum absolute atomic E-state index is 0.0530. The number of aliphatic hydroxyl groups excluding tert-OH is 1. The van der Waals surface area contributed by atoms with E-state index < -0.39 is 12.8 Å². The third-order valence-electron chi connectivity index (χ3n) is 4.14. The summed E-state index contributed by atoms with van der Waals surface area (Å²) in [5, 5.41) is 30.1. The molecule has 3 N–H and O–H groups in total. The second-order valence-electron chi connectivity index (χ2n) is 5.82. The summed E-state index contributed by atoms with van der Waals surface area (Å²) < 4.78 is 18.1. The molecule has 2 aromatic rings. The van der Waals surface area contributed by atoms with Gasteiger partial charge in [-0.1, -0.05) is 24.3 Å². The molecule has 0 saturated carbocycles. The molecule has 2 unspecified atom stereocenters. The lowest BCUT2D eigenvalue weighted by Gasteiger charge is -2.27. The number of phenols is 2. The number of phenolic OH excluding ortho intramolecular Hbond substituents is 2. The number of hydrogen-bond donors (Lipinski definition) is 3. The van der Waals surface area contributed by atoms with Gasteiger partial charge in [-0.15, -0.1) is 0 Å². The van der Waals surface area contributed by atoms with Gasteiger partial charge in [0, 0.05) is 0 Å². The summed E-state index contributed by atoms with van der Waals surface area (Å²) in [4.78, 5) is 0. The molecule has 4 nitrogen and oxygen atoms in total. The van der Waals surface area contributed by atoms with Crippen molar-refractivity contribution in [3.63, 3.8) is 0 Å². The molecule has 2 aromatic carbocycles. The Morgan fingerprint density at radius 1 is 1.04 bits per heavy atom. The second kappa shape index (κ2) is 6.56. The molecule has 0 bridgehead atoms. The van der Waals surface area contributed by atoms with E-state index in [0.717, 1.165) is 0 Å². The van der Waals surface area contributed by atoms with Crippen molar-refractivity contribution in [2.75, 3.05) is 6.61 Å². The molecule has 0 aromatic heterocycles. The summed E-state index contributed by atoms with van der Waals surface area (Å²) in [5.41, 5.74) is 2.15. The molecular formula is C18H19FO4. The van der Waals surface area contributed by atoms with Gasteiger partial charge in [0.2, 0.25) is 0 Å². The van der Waals surface area contributed by atoms with Gasteiger partial charge in [0.1, 0.15) is 18.2 Å². The minimum Gasteiger partial charge on any atom is -0.507 e. The van der Waals surface area contributed by atoms with Crippen molar-refractivity contribution in [1.29, 1.82) is 0 Å². The van der Waals surface area contributed by atoms with Crippen molar-refractivity contribution in [2.24, 2.45) is 0 Å². The minimum atomic E-state index is -0.554. The summed E-state index contributed by atoms with van der Waals surface area (Å²) >= 11 is 0. The summed E-state index contributed by atoms with van der Waals surface area (Å²) in [6, 6.07) is 9.70. The molecule has 0 spiro atoms. The predicted molar refractivity (Wildman–Crippen MR) is 84.0 cm³/mol. The fourth-order valence-corrected chi connectivity index (χ4v) is 2.88. The number of ether oxygens (including phenoxy) is 1. The van der Waals surface area contributed by atoms with Gasteiger partial charge in [0.25, 0.3) is 0 Å². The SMILES string of the molecule is Oc1cc(C2CCC(O)CO2)cc(O)c1-c1ccc(CF)cc1. The van der Waals surface area contributed by atoms with Crippen LogP contribution in [0, 0.1) is 0 Å². The van der Waals surface area contributed by atoms with Crippen LogP contribution in [0.15, 0.2) is 36.4 Å². The summed E-state index contributed by atoms with van der Waals surface area (Å²) in [6.07, 6.45) is 0.545. The van der Waals surface area contributed by atoms with E-state index >= 15 is 0 Å². The van der Waals surface area contributed by atoms with Crippen molar-refractivity contribution in [3.8, 4) is 22.6 Å². The number of hydrogen-bond acceptors (Lipinski definition) is 4. The normalized spacial score (nSPS) is 21.3. The quantitative estimate of drug-likeness (QED) is 0.811. The maximum Gasteiger partial charge on any atom is 0.127 e. The first-order valence-electron chi connectivity index (χ1n) is 7.59. The van der Waals surface area contributed by atoms with Crippen LogP contribution in [-0.4, -0.2) is 28.0 Å². The molecule has 23 heavy (non-hydrogen) atoms. The highest BCUT2D eigenvalue weighted by Crippen LogP contribution is 2.41. The van der Waals surface area contributed by atoms with Gasteiger partial charge in [-0.2, -0.15) is 0 Å². The monoisotopic (exact) mass is 318 g/mol. The summed E-state index contributed by atoms with van der Waals surface area (Å²) in [5.74, 6) is -0.106. The van der Waals surface area contributed by atoms with E-state index in [1.54, 1.807) is 36.4 Å². The number of aliphatic hydroxyl groups is 1. The van der Waals surface area contributed by atoms with Gasteiger partial charge in [-0.05, 0) is 41.7 Å². The second-order valence-corrected chi connectivity index (χ2v) is 5.82. The topological polar surface area (TPSA) is 69.9 Å². The van der Waals surface area contributed by atoms with Crippen molar-refractivity contribution >= 4 is 0 Å². The number of alkyl halides is 1. The highest BCUT2D eigenvalue weighted by molar-refractivity contribution is 5.77. The van der Waals surface area contributed by atoms with Gasteiger partial charge in [0.05, 0.1) is 24.4 Å². The van der Waals surface area contributed by atoms with Crippen LogP contribution in [-0.2, 0) is 11.4 Å². The first kappa shape index (κ1) is 15.8. The highest BCUT2D eigenvalue weighted by Gasteiger charge is 2.23. The van der Waals surface area contributed by atoms with Crippen molar-refractivity contribution in [2.45, 2.75) is 31.7 Å². The van der Waals surface area contributed by atoms with Crippen LogP contribution in [0.2, 0.25) is 0 Å². The highest BCUT2D eigenvalue weighted by atomic mass is 19.1. The van der Waals surface area contributed by atoms with E-state index in [2.05, 4.69) is 0 Å². The van der Waals surface area contributed by atoms with Crippen LogP contribution in [0.4, 0.5) is 4.39 Å². The third kappa shape index (κ3) is 3.30. The summed E-state index contributed by atoms with van der Waals surface area (Å²) in [7, 11) is 0. The lowest BCUT2D eigenvalue weighted by molar-refractivity contribution is -0.0569. The van der Waals surface area contributed by atoms with Gasteiger partial charge in [-0.25, -0.2) is 4.39 Å². The lowest BCUT2D eigenvalue weighted by atomic mass is 9.95. The average molecular weight is 318 g/mol. The molecular weight excluding hydrogens is 299 g/mol. The van der Waals surface area contributed by atoms with E-state index in [9.17, 15) is 19.7 Å². The Kier molecular flexibility index (Phi) is 4.50. The van der Waals surface area contributed by atoms with Gasteiger partial charge in [-0.3, -0.25) is 0 Å². The predicted octanol–water partition coefficient (Wildman–Crippen LogP) is 3.45. The van der Waals surface area contributed by atoms with Crippen molar-refractivity contribution < 1.29 is 24.4 Å². The molecule has 122 valence electrons. The molecule has 1 fully saturated rings. The fourth-order valence-electron chi connectivity index (χ4n) is 2.88. The molecule has 1 aliphatic rings. The molecule has 1 aliphatic heterocycles. The Morgan fingerprint density at radius 2 is 1.70 bits per heavy atom. The molecule has 0 aliphatic carbocycles.